The van der Waals surface area contributed by atoms with Crippen LogP contribution < -0.4 is 5.32 Å². The maximum absolute atomic E-state index is 13.3. The first-order valence-corrected chi connectivity index (χ1v) is 12.2. The van der Waals surface area contributed by atoms with Gasteiger partial charge in [0.2, 0.25) is 0 Å². The number of ether oxygens (including phenoxy) is 2. The van der Waals surface area contributed by atoms with Crippen LogP contribution in [-0.4, -0.2) is 64.3 Å². The summed E-state index contributed by atoms with van der Waals surface area (Å²) < 4.78 is 16.8. The van der Waals surface area contributed by atoms with Gasteiger partial charge in [-0.2, -0.15) is 0 Å². The predicted molar refractivity (Wildman–Crippen MR) is 130 cm³/mol. The first-order chi connectivity index (χ1) is 15.8. The zero-order valence-electron chi connectivity index (χ0n) is 21.2. The summed E-state index contributed by atoms with van der Waals surface area (Å²) in [5.41, 5.74) is -0.983. The quantitative estimate of drug-likeness (QED) is 0.240. The topological polar surface area (TPSA) is 120 Å². The molecule has 1 aromatic carbocycles. The summed E-state index contributed by atoms with van der Waals surface area (Å²) in [6.07, 6.45) is -0.535. The number of amides is 1. The van der Waals surface area contributed by atoms with Crippen molar-refractivity contribution in [2.45, 2.75) is 53.9 Å². The SMILES string of the molecule is CCOC(=O)CNC[C@]1(O[SiH3])N(C(=O)OCc2ccc([N+](=O)[O-])cc2)C[C@H](C(C)(C)C)C1(C)C. The van der Waals surface area contributed by atoms with Crippen LogP contribution in [0.15, 0.2) is 24.3 Å². The Morgan fingerprint density at radius 3 is 2.35 bits per heavy atom. The van der Waals surface area contributed by atoms with Crippen molar-refractivity contribution < 1.29 is 28.4 Å². The molecule has 1 aliphatic heterocycles. The maximum atomic E-state index is 13.3. The molecule has 2 atom stereocenters. The van der Waals surface area contributed by atoms with Gasteiger partial charge in [0.1, 0.15) is 17.1 Å². The Kier molecular flexibility index (Phi) is 8.84. The van der Waals surface area contributed by atoms with E-state index in [2.05, 4.69) is 39.9 Å². The number of benzene rings is 1. The van der Waals surface area contributed by atoms with Crippen LogP contribution in [-0.2, 0) is 25.3 Å². The Balaban J connectivity index is 2.26. The molecule has 1 amide bonds. The molecule has 0 radical (unpaired) electrons. The molecule has 190 valence electrons. The van der Waals surface area contributed by atoms with E-state index in [1.807, 2.05) is 0 Å². The standard InChI is InChI=1S/C23H37N3O7Si/c1-7-31-19(27)12-24-15-23(33-34)22(5,6)18(21(2,3)4)13-25(23)20(28)32-14-16-8-10-17(11-9-16)26(29)30/h8-11,18,24H,7,12-15H2,1-6,34H3/t18-,23-/m1/s1. The number of carbonyl (C=O) groups is 2. The third kappa shape index (κ3) is 5.76. The summed E-state index contributed by atoms with van der Waals surface area (Å²) in [7, 11) is 0.361. The molecule has 0 spiro atoms. The number of nitrogens with zero attached hydrogens (tertiary/aromatic N) is 2. The zero-order valence-corrected chi connectivity index (χ0v) is 23.2. The molecule has 1 fully saturated rings. The van der Waals surface area contributed by atoms with Crippen LogP contribution in [0, 0.1) is 26.9 Å². The molecule has 0 aliphatic carbocycles. The Bertz CT molecular complexity index is 886. The lowest BCUT2D eigenvalue weighted by atomic mass is 9.64. The summed E-state index contributed by atoms with van der Waals surface area (Å²) in [5, 5.41) is 14.0. The normalized spacial score (nSPS) is 21.9. The number of hydrogen-bond acceptors (Lipinski definition) is 8. The van der Waals surface area contributed by atoms with Crippen molar-refractivity contribution in [3.05, 3.63) is 39.9 Å². The minimum Gasteiger partial charge on any atom is -0.465 e. The van der Waals surface area contributed by atoms with Crippen LogP contribution in [0.3, 0.4) is 0 Å². The highest BCUT2D eigenvalue weighted by Crippen LogP contribution is 2.55. The summed E-state index contributed by atoms with van der Waals surface area (Å²) >= 11 is 0. The minimum atomic E-state index is -1.02. The second-order valence-electron chi connectivity index (χ2n) is 10.1. The number of rotatable bonds is 9. The first kappa shape index (κ1) is 27.7. The highest BCUT2D eigenvalue weighted by molar-refractivity contribution is 5.98. The van der Waals surface area contributed by atoms with Gasteiger partial charge in [0.25, 0.3) is 5.69 Å². The largest absolute Gasteiger partial charge is 0.465 e. The molecule has 0 unspecified atom stereocenters. The Morgan fingerprint density at radius 1 is 1.24 bits per heavy atom. The van der Waals surface area contributed by atoms with Crippen molar-refractivity contribution in [2.75, 3.05) is 26.2 Å². The third-order valence-corrected chi connectivity index (χ3v) is 7.41. The number of likely N-dealkylation sites (tertiary alicyclic amines) is 1. The summed E-state index contributed by atoms with van der Waals surface area (Å²) in [6.45, 7) is 13.2. The lowest BCUT2D eigenvalue weighted by Crippen LogP contribution is -2.62. The number of non-ortho nitro benzene ring substituents is 1. The fraction of sp³-hybridized carbons (Fsp3) is 0.652. The average Bonchev–Trinajstić information content (AvgIpc) is 2.99. The Morgan fingerprint density at radius 2 is 1.85 bits per heavy atom. The molecule has 0 aromatic heterocycles. The van der Waals surface area contributed by atoms with Crippen LogP contribution in [0.5, 0.6) is 0 Å². The lowest BCUT2D eigenvalue weighted by Gasteiger charge is -2.48. The molecular weight excluding hydrogens is 458 g/mol. The van der Waals surface area contributed by atoms with E-state index >= 15 is 0 Å². The zero-order chi connectivity index (χ0) is 25.7. The first-order valence-electron chi connectivity index (χ1n) is 11.4. The lowest BCUT2D eigenvalue weighted by molar-refractivity contribution is -0.384. The molecule has 0 saturated carbocycles. The highest BCUT2D eigenvalue weighted by atomic mass is 28.2. The van der Waals surface area contributed by atoms with Crippen molar-refractivity contribution in [3.63, 3.8) is 0 Å². The van der Waals surface area contributed by atoms with Gasteiger partial charge in [0, 0.05) is 30.6 Å². The van der Waals surface area contributed by atoms with E-state index in [9.17, 15) is 19.7 Å². The van der Waals surface area contributed by atoms with E-state index < -0.39 is 22.2 Å². The number of nitrogens with one attached hydrogen (secondary N) is 1. The molecule has 1 aliphatic rings. The summed E-state index contributed by atoms with van der Waals surface area (Å²) in [4.78, 5) is 37.2. The van der Waals surface area contributed by atoms with E-state index in [1.165, 1.54) is 12.1 Å². The molecule has 0 bridgehead atoms. The third-order valence-electron chi connectivity index (χ3n) is 6.73. The van der Waals surface area contributed by atoms with Crippen LogP contribution in [0.2, 0.25) is 0 Å². The minimum absolute atomic E-state index is 0.00243. The summed E-state index contributed by atoms with van der Waals surface area (Å²) in [5.74, 6) is -0.285. The van der Waals surface area contributed by atoms with Gasteiger partial charge in [-0.1, -0.05) is 34.6 Å². The van der Waals surface area contributed by atoms with Crippen molar-refractivity contribution >= 4 is 28.2 Å². The van der Waals surface area contributed by atoms with Gasteiger partial charge in [0.05, 0.1) is 18.1 Å². The van der Waals surface area contributed by atoms with Crippen LogP contribution >= 0.6 is 0 Å². The van der Waals surface area contributed by atoms with Gasteiger partial charge in [-0.05, 0) is 36.0 Å². The molecule has 1 saturated heterocycles. The molecule has 11 heteroatoms. The van der Waals surface area contributed by atoms with Gasteiger partial charge < -0.3 is 19.2 Å². The fourth-order valence-corrected chi connectivity index (χ4v) is 5.90. The second kappa shape index (κ2) is 10.8. The number of hydrogen-bond donors (Lipinski definition) is 1. The molecule has 2 rings (SSSR count). The number of nitro benzene ring substituents is 1. The molecule has 1 heterocycles. The summed E-state index contributed by atoms with van der Waals surface area (Å²) in [6, 6.07) is 5.88. The monoisotopic (exact) mass is 495 g/mol. The van der Waals surface area contributed by atoms with E-state index in [0.717, 1.165) is 0 Å². The number of nitro groups is 1. The van der Waals surface area contributed by atoms with Gasteiger partial charge in [-0.25, -0.2) is 4.79 Å². The average molecular weight is 496 g/mol. The van der Waals surface area contributed by atoms with E-state index in [4.69, 9.17) is 13.9 Å². The second-order valence-corrected chi connectivity index (χ2v) is 10.5. The fourth-order valence-electron chi connectivity index (χ4n) is 5.01. The smallest absolute Gasteiger partial charge is 0.412 e. The van der Waals surface area contributed by atoms with Crippen molar-refractivity contribution in [2.24, 2.45) is 16.7 Å². The maximum Gasteiger partial charge on any atom is 0.412 e. The van der Waals surface area contributed by atoms with Crippen LogP contribution in [0.1, 0.15) is 47.1 Å². The Hall–Kier alpha value is -2.50. The van der Waals surface area contributed by atoms with E-state index in [-0.39, 0.29) is 42.7 Å². The van der Waals surface area contributed by atoms with E-state index in [0.29, 0.717) is 29.2 Å². The molecule has 1 aromatic rings. The van der Waals surface area contributed by atoms with Crippen molar-refractivity contribution in [1.29, 1.82) is 0 Å². The molecule has 10 nitrogen and oxygen atoms in total. The van der Waals surface area contributed by atoms with Crippen LogP contribution in [0.4, 0.5) is 10.5 Å². The molecule has 1 N–H and O–H groups in total. The highest BCUT2D eigenvalue weighted by Gasteiger charge is 2.63. The van der Waals surface area contributed by atoms with Gasteiger partial charge in [-0.3, -0.25) is 19.8 Å². The Labute approximate surface area is 204 Å². The van der Waals surface area contributed by atoms with Crippen molar-refractivity contribution in [3.8, 4) is 0 Å². The van der Waals surface area contributed by atoms with Crippen molar-refractivity contribution in [1.82, 2.24) is 10.2 Å². The van der Waals surface area contributed by atoms with Crippen LogP contribution in [0.25, 0.3) is 0 Å². The number of esters is 1. The molecule has 34 heavy (non-hydrogen) atoms. The van der Waals surface area contributed by atoms with Gasteiger partial charge in [0.15, 0.2) is 5.72 Å². The number of carbonyl (C=O) groups excluding carboxylic acids is 2. The van der Waals surface area contributed by atoms with Gasteiger partial charge >= 0.3 is 12.1 Å². The predicted octanol–water partition coefficient (Wildman–Crippen LogP) is 2.38. The van der Waals surface area contributed by atoms with E-state index in [1.54, 1.807) is 24.0 Å². The van der Waals surface area contributed by atoms with Gasteiger partial charge in [-0.15, -0.1) is 0 Å². The molecular formula is C23H37N3O7Si.